The van der Waals surface area contributed by atoms with Crippen molar-refractivity contribution in [3.8, 4) is 11.3 Å². The Morgan fingerprint density at radius 2 is 2.04 bits per heavy atom. The highest BCUT2D eigenvalue weighted by molar-refractivity contribution is 7.09. The van der Waals surface area contributed by atoms with Gasteiger partial charge in [-0.3, -0.25) is 4.79 Å². The van der Waals surface area contributed by atoms with Gasteiger partial charge in [0.2, 0.25) is 5.91 Å². The van der Waals surface area contributed by atoms with Crippen molar-refractivity contribution in [2.45, 2.75) is 13.8 Å². The maximum atomic E-state index is 13.8. The SMILES string of the molecule is Cc1ccc(NCC(=O)Nc2cccc(-c3csc(C)n3)c2)c(F)c1. The molecule has 0 saturated carbocycles. The van der Waals surface area contributed by atoms with Crippen LogP contribution in [0.2, 0.25) is 0 Å². The Morgan fingerprint density at radius 1 is 1.20 bits per heavy atom. The van der Waals surface area contributed by atoms with Gasteiger partial charge in [-0.1, -0.05) is 18.2 Å². The number of hydrogen-bond acceptors (Lipinski definition) is 4. The number of aryl methyl sites for hydroxylation is 2. The minimum Gasteiger partial charge on any atom is -0.374 e. The molecule has 1 amide bonds. The summed E-state index contributed by atoms with van der Waals surface area (Å²) in [6, 6.07) is 12.4. The molecular formula is C19H18FN3OS. The van der Waals surface area contributed by atoms with Gasteiger partial charge in [0.25, 0.3) is 0 Å². The van der Waals surface area contributed by atoms with Crippen LogP contribution in [-0.2, 0) is 4.79 Å². The van der Waals surface area contributed by atoms with Crippen LogP contribution < -0.4 is 10.6 Å². The summed E-state index contributed by atoms with van der Waals surface area (Å²) in [6.07, 6.45) is 0. The van der Waals surface area contributed by atoms with Crippen molar-refractivity contribution < 1.29 is 9.18 Å². The van der Waals surface area contributed by atoms with Gasteiger partial charge in [0.05, 0.1) is 22.9 Å². The van der Waals surface area contributed by atoms with Crippen molar-refractivity contribution in [2.24, 2.45) is 0 Å². The Labute approximate surface area is 149 Å². The van der Waals surface area contributed by atoms with E-state index in [-0.39, 0.29) is 18.3 Å². The van der Waals surface area contributed by atoms with E-state index in [2.05, 4.69) is 15.6 Å². The normalized spacial score (nSPS) is 10.5. The second-order valence-corrected chi connectivity index (χ2v) is 6.78. The van der Waals surface area contributed by atoms with Crippen molar-refractivity contribution in [3.05, 3.63) is 64.2 Å². The summed E-state index contributed by atoms with van der Waals surface area (Å²) in [4.78, 5) is 16.6. The molecule has 0 aliphatic rings. The first-order valence-electron chi connectivity index (χ1n) is 7.84. The van der Waals surface area contributed by atoms with Crippen LogP contribution in [-0.4, -0.2) is 17.4 Å². The molecule has 0 unspecified atom stereocenters. The van der Waals surface area contributed by atoms with E-state index in [1.165, 1.54) is 6.07 Å². The molecule has 0 radical (unpaired) electrons. The van der Waals surface area contributed by atoms with E-state index in [1.54, 1.807) is 23.5 Å². The molecular weight excluding hydrogens is 337 g/mol. The summed E-state index contributed by atoms with van der Waals surface area (Å²) in [6.45, 7) is 3.76. The molecule has 2 aromatic carbocycles. The zero-order valence-electron chi connectivity index (χ0n) is 14.0. The lowest BCUT2D eigenvalue weighted by atomic mass is 10.1. The monoisotopic (exact) mass is 355 g/mol. The Morgan fingerprint density at radius 3 is 2.76 bits per heavy atom. The third-order valence-corrected chi connectivity index (χ3v) is 4.40. The number of carbonyl (C=O) groups is 1. The van der Waals surface area contributed by atoms with Crippen molar-refractivity contribution >= 4 is 28.6 Å². The molecule has 0 aliphatic heterocycles. The minimum atomic E-state index is -0.367. The quantitative estimate of drug-likeness (QED) is 0.702. The van der Waals surface area contributed by atoms with Crippen molar-refractivity contribution in [1.29, 1.82) is 0 Å². The second-order valence-electron chi connectivity index (χ2n) is 5.72. The van der Waals surface area contributed by atoms with E-state index in [0.29, 0.717) is 11.4 Å². The lowest BCUT2D eigenvalue weighted by Crippen LogP contribution is -2.22. The third-order valence-electron chi connectivity index (χ3n) is 3.63. The molecule has 0 atom stereocenters. The molecule has 1 aromatic heterocycles. The molecule has 6 heteroatoms. The smallest absolute Gasteiger partial charge is 0.243 e. The number of nitrogens with zero attached hydrogens (tertiary/aromatic N) is 1. The van der Waals surface area contributed by atoms with Gasteiger partial charge in [-0.2, -0.15) is 0 Å². The average molecular weight is 355 g/mol. The molecule has 25 heavy (non-hydrogen) atoms. The number of anilines is 2. The fraction of sp³-hybridized carbons (Fsp3) is 0.158. The summed E-state index contributed by atoms with van der Waals surface area (Å²) in [5.41, 5.74) is 3.66. The van der Waals surface area contributed by atoms with Crippen molar-refractivity contribution in [1.82, 2.24) is 4.98 Å². The van der Waals surface area contributed by atoms with Crippen LogP contribution in [0.5, 0.6) is 0 Å². The van der Waals surface area contributed by atoms with Crippen LogP contribution >= 0.6 is 11.3 Å². The first kappa shape index (κ1) is 17.1. The van der Waals surface area contributed by atoms with Crippen molar-refractivity contribution in [3.63, 3.8) is 0 Å². The molecule has 0 spiro atoms. The first-order chi connectivity index (χ1) is 12.0. The summed E-state index contributed by atoms with van der Waals surface area (Å²) in [5, 5.41) is 8.60. The van der Waals surface area contributed by atoms with E-state index in [9.17, 15) is 9.18 Å². The predicted octanol–water partition coefficient (Wildman–Crippen LogP) is 4.62. The Balaban J connectivity index is 1.63. The number of thiazole rings is 1. The van der Waals surface area contributed by atoms with E-state index in [1.807, 2.05) is 43.5 Å². The molecule has 3 aromatic rings. The van der Waals surface area contributed by atoms with Gasteiger partial charge < -0.3 is 10.6 Å². The number of aromatic nitrogens is 1. The number of hydrogen-bond donors (Lipinski definition) is 2. The van der Waals surface area contributed by atoms with Gasteiger partial charge in [0.15, 0.2) is 0 Å². The largest absolute Gasteiger partial charge is 0.374 e. The average Bonchev–Trinajstić information content (AvgIpc) is 3.01. The van der Waals surface area contributed by atoms with Crippen LogP contribution in [0.4, 0.5) is 15.8 Å². The lowest BCUT2D eigenvalue weighted by molar-refractivity contribution is -0.114. The van der Waals surface area contributed by atoms with Gasteiger partial charge in [-0.15, -0.1) is 11.3 Å². The number of halogens is 1. The molecule has 0 aliphatic carbocycles. The third kappa shape index (κ3) is 4.42. The number of amides is 1. The number of nitrogens with one attached hydrogen (secondary N) is 2. The van der Waals surface area contributed by atoms with Gasteiger partial charge in [-0.05, 0) is 43.7 Å². The molecule has 0 bridgehead atoms. The van der Waals surface area contributed by atoms with Crippen LogP contribution in [0.25, 0.3) is 11.3 Å². The number of rotatable bonds is 5. The zero-order chi connectivity index (χ0) is 17.8. The highest BCUT2D eigenvalue weighted by Gasteiger charge is 2.07. The standard InChI is InChI=1S/C19H18FN3OS/c1-12-6-7-17(16(20)8-12)21-10-19(24)23-15-5-3-4-14(9-15)18-11-25-13(2)22-18/h3-9,11,21H,10H2,1-2H3,(H,23,24). The number of carbonyl (C=O) groups excluding carboxylic acids is 1. The molecule has 1 heterocycles. The zero-order valence-corrected chi connectivity index (χ0v) is 14.8. The van der Waals surface area contributed by atoms with Crippen molar-refractivity contribution in [2.75, 3.05) is 17.2 Å². The first-order valence-corrected chi connectivity index (χ1v) is 8.71. The fourth-order valence-electron chi connectivity index (χ4n) is 2.40. The molecule has 0 saturated heterocycles. The van der Waals surface area contributed by atoms with Gasteiger partial charge >= 0.3 is 0 Å². The maximum absolute atomic E-state index is 13.8. The highest BCUT2D eigenvalue weighted by Crippen LogP contribution is 2.24. The Kier molecular flexibility index (Phi) is 5.09. The fourth-order valence-corrected chi connectivity index (χ4v) is 3.02. The minimum absolute atomic E-state index is 0.0139. The second kappa shape index (κ2) is 7.44. The molecule has 3 rings (SSSR count). The van der Waals surface area contributed by atoms with Gasteiger partial charge in [-0.25, -0.2) is 9.37 Å². The van der Waals surface area contributed by atoms with Crippen LogP contribution in [0.1, 0.15) is 10.6 Å². The summed E-state index contributed by atoms with van der Waals surface area (Å²) in [7, 11) is 0. The number of benzene rings is 2. The van der Waals surface area contributed by atoms with E-state index < -0.39 is 0 Å². The Bertz CT molecular complexity index is 907. The van der Waals surface area contributed by atoms with E-state index in [0.717, 1.165) is 21.8 Å². The Hall–Kier alpha value is -2.73. The van der Waals surface area contributed by atoms with E-state index in [4.69, 9.17) is 0 Å². The van der Waals surface area contributed by atoms with E-state index >= 15 is 0 Å². The van der Waals surface area contributed by atoms with Gasteiger partial charge in [0, 0.05) is 16.6 Å². The summed E-state index contributed by atoms with van der Waals surface area (Å²) in [5.74, 6) is -0.611. The molecule has 128 valence electrons. The molecule has 0 fully saturated rings. The summed E-state index contributed by atoms with van der Waals surface area (Å²) < 4.78 is 13.8. The van der Waals surface area contributed by atoms with Crippen LogP contribution in [0, 0.1) is 19.7 Å². The molecule has 2 N–H and O–H groups in total. The highest BCUT2D eigenvalue weighted by atomic mass is 32.1. The van der Waals surface area contributed by atoms with Crippen LogP contribution in [0.3, 0.4) is 0 Å². The van der Waals surface area contributed by atoms with Gasteiger partial charge in [0.1, 0.15) is 5.82 Å². The lowest BCUT2D eigenvalue weighted by Gasteiger charge is -2.10. The predicted molar refractivity (Wildman–Crippen MR) is 101 cm³/mol. The van der Waals surface area contributed by atoms with Crippen LogP contribution in [0.15, 0.2) is 47.8 Å². The topological polar surface area (TPSA) is 54.0 Å². The molecule has 4 nitrogen and oxygen atoms in total. The maximum Gasteiger partial charge on any atom is 0.243 e. The summed E-state index contributed by atoms with van der Waals surface area (Å²) >= 11 is 1.58.